The van der Waals surface area contributed by atoms with Gasteiger partial charge in [-0.3, -0.25) is 19.6 Å². The molecule has 0 radical (unpaired) electrons. The number of rotatable bonds is 5. The fourth-order valence-corrected chi connectivity index (χ4v) is 5.13. The first-order chi connectivity index (χ1) is 19.0. The summed E-state index contributed by atoms with van der Waals surface area (Å²) in [6, 6.07) is 21.1. The maximum absolute atomic E-state index is 13.3. The molecule has 1 aliphatic rings. The van der Waals surface area contributed by atoms with Crippen LogP contribution in [0.4, 0.5) is 5.69 Å². The van der Waals surface area contributed by atoms with Crippen LogP contribution in [0.15, 0.2) is 91.6 Å². The lowest BCUT2D eigenvalue weighted by Crippen LogP contribution is -2.38. The largest absolute Gasteiger partial charge is 0.337 e. The van der Waals surface area contributed by atoms with Crippen molar-refractivity contribution < 1.29 is 9.59 Å². The highest BCUT2D eigenvalue weighted by atomic mass is 16.2. The molecule has 0 spiro atoms. The quantitative estimate of drug-likeness (QED) is 0.338. The summed E-state index contributed by atoms with van der Waals surface area (Å²) >= 11 is 0. The third-order valence-corrected chi connectivity index (χ3v) is 7.26. The first kappa shape index (κ1) is 24.5. The van der Waals surface area contributed by atoms with Gasteiger partial charge in [0.1, 0.15) is 5.69 Å². The van der Waals surface area contributed by atoms with Crippen molar-refractivity contribution in [2.24, 2.45) is 0 Å². The van der Waals surface area contributed by atoms with Gasteiger partial charge in [0, 0.05) is 60.1 Å². The normalized spacial score (nSPS) is 13.9. The summed E-state index contributed by atoms with van der Waals surface area (Å²) < 4.78 is 1.90. The summed E-state index contributed by atoms with van der Waals surface area (Å²) in [5.74, 6) is -0.164. The molecule has 0 atom stereocenters. The zero-order valence-corrected chi connectivity index (χ0v) is 21.6. The van der Waals surface area contributed by atoms with E-state index in [0.29, 0.717) is 30.0 Å². The van der Waals surface area contributed by atoms with Gasteiger partial charge in [0.05, 0.1) is 17.6 Å². The van der Waals surface area contributed by atoms with Gasteiger partial charge in [0.2, 0.25) is 0 Å². The minimum atomic E-state index is -0.188. The SMILES string of the molecule is Cc1ccc(C(=O)Nc2ccc(-n3ccnc3)cc2)c(C2CCN(C(=O)c3cc4ccccc4cn3)CC2)n1. The molecule has 5 aromatic rings. The van der Waals surface area contributed by atoms with Gasteiger partial charge in [0.25, 0.3) is 11.8 Å². The monoisotopic (exact) mass is 516 g/mol. The van der Waals surface area contributed by atoms with E-state index in [2.05, 4.69) is 15.3 Å². The first-order valence-corrected chi connectivity index (χ1v) is 13.1. The number of piperidine rings is 1. The second kappa shape index (κ2) is 10.5. The van der Waals surface area contributed by atoms with Gasteiger partial charge in [-0.1, -0.05) is 24.3 Å². The third kappa shape index (κ3) is 5.13. The molecule has 2 aromatic carbocycles. The molecule has 6 rings (SSSR count). The maximum atomic E-state index is 13.3. The number of nitrogens with one attached hydrogen (secondary N) is 1. The second-order valence-corrected chi connectivity index (χ2v) is 9.84. The van der Waals surface area contributed by atoms with E-state index >= 15 is 0 Å². The third-order valence-electron chi connectivity index (χ3n) is 7.26. The van der Waals surface area contributed by atoms with Gasteiger partial charge in [0.15, 0.2) is 0 Å². The molecule has 39 heavy (non-hydrogen) atoms. The Labute approximate surface area is 226 Å². The minimum Gasteiger partial charge on any atom is -0.337 e. The number of hydrogen-bond donors (Lipinski definition) is 1. The molecule has 8 heteroatoms. The van der Waals surface area contributed by atoms with E-state index in [1.807, 2.05) is 89.3 Å². The Balaban J connectivity index is 1.15. The molecule has 8 nitrogen and oxygen atoms in total. The number of fused-ring (bicyclic) bond motifs is 1. The molecule has 0 aliphatic carbocycles. The molecule has 1 aliphatic heterocycles. The number of carbonyl (C=O) groups excluding carboxylic acids is 2. The van der Waals surface area contributed by atoms with Crippen molar-refractivity contribution >= 4 is 28.3 Å². The van der Waals surface area contributed by atoms with Crippen molar-refractivity contribution in [3.05, 3.63) is 114 Å². The summed E-state index contributed by atoms with van der Waals surface area (Å²) in [7, 11) is 0. The molecule has 2 amide bonds. The molecule has 1 N–H and O–H groups in total. The van der Waals surface area contributed by atoms with Crippen LogP contribution in [0.3, 0.4) is 0 Å². The molecule has 194 valence electrons. The number of anilines is 1. The standard InChI is InChI=1S/C31H28N6O2/c1-21-6-11-27(30(38)35-25-7-9-26(10-8-25)37-17-14-32-20-37)29(34-21)22-12-15-36(16-13-22)31(39)28-18-23-4-2-3-5-24(23)19-33-28/h2-11,14,17-20,22H,12-13,15-16H2,1H3,(H,35,38). The molecule has 0 unspecified atom stereocenters. The van der Waals surface area contributed by atoms with Crippen LogP contribution in [0, 0.1) is 6.92 Å². The first-order valence-electron chi connectivity index (χ1n) is 13.1. The second-order valence-electron chi connectivity index (χ2n) is 9.84. The Morgan fingerprint density at radius 3 is 2.46 bits per heavy atom. The smallest absolute Gasteiger partial charge is 0.272 e. The van der Waals surface area contributed by atoms with Gasteiger partial charge in [-0.25, -0.2) is 4.98 Å². The maximum Gasteiger partial charge on any atom is 0.272 e. The zero-order chi connectivity index (χ0) is 26.8. The van der Waals surface area contributed by atoms with Crippen LogP contribution in [0.5, 0.6) is 0 Å². The lowest BCUT2D eigenvalue weighted by Gasteiger charge is -2.32. The minimum absolute atomic E-state index is 0.0616. The summed E-state index contributed by atoms with van der Waals surface area (Å²) in [6.07, 6.45) is 8.54. The summed E-state index contributed by atoms with van der Waals surface area (Å²) in [5, 5.41) is 5.03. The summed E-state index contributed by atoms with van der Waals surface area (Å²) in [5.41, 5.74) is 4.35. The number of carbonyl (C=O) groups is 2. The lowest BCUT2D eigenvalue weighted by atomic mass is 9.89. The van der Waals surface area contributed by atoms with E-state index in [4.69, 9.17) is 4.98 Å². The molecule has 3 aromatic heterocycles. The van der Waals surface area contributed by atoms with E-state index in [-0.39, 0.29) is 17.7 Å². The van der Waals surface area contributed by atoms with Crippen LogP contribution < -0.4 is 5.32 Å². The van der Waals surface area contributed by atoms with Crippen molar-refractivity contribution in [1.29, 1.82) is 0 Å². The van der Waals surface area contributed by atoms with E-state index in [1.165, 1.54) is 0 Å². The molecular weight excluding hydrogens is 488 g/mol. The Morgan fingerprint density at radius 2 is 1.72 bits per heavy atom. The molecule has 1 fully saturated rings. The predicted octanol–water partition coefficient (Wildman–Crippen LogP) is 5.40. The molecule has 0 saturated carbocycles. The lowest BCUT2D eigenvalue weighted by molar-refractivity contribution is 0.0705. The van der Waals surface area contributed by atoms with E-state index in [1.54, 1.807) is 18.7 Å². The topological polar surface area (TPSA) is 93.0 Å². The Bertz CT molecular complexity index is 1640. The van der Waals surface area contributed by atoms with Gasteiger partial charge >= 0.3 is 0 Å². The highest BCUT2D eigenvalue weighted by Crippen LogP contribution is 2.31. The van der Waals surface area contributed by atoms with Crippen LogP contribution in [-0.2, 0) is 0 Å². The predicted molar refractivity (Wildman–Crippen MR) is 150 cm³/mol. The Morgan fingerprint density at radius 1 is 0.949 bits per heavy atom. The number of amides is 2. The fourth-order valence-electron chi connectivity index (χ4n) is 5.13. The average molecular weight is 517 g/mol. The van der Waals surface area contributed by atoms with Crippen molar-refractivity contribution in [1.82, 2.24) is 24.4 Å². The summed E-state index contributed by atoms with van der Waals surface area (Å²) in [6.45, 7) is 3.11. The number of imidazole rings is 1. The number of nitrogens with zero attached hydrogens (tertiary/aromatic N) is 5. The summed E-state index contributed by atoms with van der Waals surface area (Å²) in [4.78, 5) is 41.6. The average Bonchev–Trinajstić information content (AvgIpc) is 3.52. The van der Waals surface area contributed by atoms with Crippen LogP contribution in [0.25, 0.3) is 16.5 Å². The Hall–Kier alpha value is -4.85. The van der Waals surface area contributed by atoms with E-state index in [9.17, 15) is 9.59 Å². The molecule has 1 saturated heterocycles. The van der Waals surface area contributed by atoms with Gasteiger partial charge in [-0.05, 0) is 67.6 Å². The van der Waals surface area contributed by atoms with Crippen LogP contribution in [0.2, 0.25) is 0 Å². The number of pyridine rings is 2. The Kier molecular flexibility index (Phi) is 6.59. The van der Waals surface area contributed by atoms with Gasteiger partial charge < -0.3 is 14.8 Å². The van der Waals surface area contributed by atoms with Gasteiger partial charge in [-0.15, -0.1) is 0 Å². The number of benzene rings is 2. The van der Waals surface area contributed by atoms with Crippen LogP contribution in [-0.4, -0.2) is 49.3 Å². The van der Waals surface area contributed by atoms with Crippen LogP contribution >= 0.6 is 0 Å². The number of likely N-dealkylation sites (tertiary alicyclic amines) is 1. The van der Waals surface area contributed by atoms with Crippen molar-refractivity contribution in [2.45, 2.75) is 25.7 Å². The van der Waals surface area contributed by atoms with Crippen molar-refractivity contribution in [3.63, 3.8) is 0 Å². The number of aryl methyl sites for hydroxylation is 1. The highest BCUT2D eigenvalue weighted by Gasteiger charge is 2.29. The number of aromatic nitrogens is 4. The van der Waals surface area contributed by atoms with Crippen molar-refractivity contribution in [2.75, 3.05) is 18.4 Å². The molecule has 0 bridgehead atoms. The van der Waals surface area contributed by atoms with Crippen molar-refractivity contribution in [3.8, 4) is 5.69 Å². The molecular formula is C31H28N6O2. The fraction of sp³-hybridized carbons (Fsp3) is 0.194. The highest BCUT2D eigenvalue weighted by molar-refractivity contribution is 6.05. The van der Waals surface area contributed by atoms with E-state index < -0.39 is 0 Å². The molecule has 4 heterocycles. The number of hydrogen-bond acceptors (Lipinski definition) is 5. The zero-order valence-electron chi connectivity index (χ0n) is 21.6. The van der Waals surface area contributed by atoms with E-state index in [0.717, 1.165) is 40.7 Å². The van der Waals surface area contributed by atoms with Gasteiger partial charge in [-0.2, -0.15) is 0 Å². The van der Waals surface area contributed by atoms with Crippen LogP contribution in [0.1, 0.15) is 51.0 Å².